The number of nitrogens with one attached hydrogen (secondary N) is 1. The van der Waals surface area contributed by atoms with Crippen LogP contribution in [0.3, 0.4) is 0 Å². The summed E-state index contributed by atoms with van der Waals surface area (Å²) in [5.74, 6) is 0.287. The summed E-state index contributed by atoms with van der Waals surface area (Å²) >= 11 is 1.38. The fourth-order valence-electron chi connectivity index (χ4n) is 3.11. The lowest BCUT2D eigenvalue weighted by Gasteiger charge is -2.18. The molecule has 30 heavy (non-hydrogen) atoms. The quantitative estimate of drug-likeness (QED) is 0.589. The van der Waals surface area contributed by atoms with Crippen LogP contribution >= 0.6 is 11.3 Å². The van der Waals surface area contributed by atoms with Gasteiger partial charge in [-0.15, -0.1) is 11.3 Å². The molecule has 0 atom stereocenters. The number of rotatable bonds is 0. The van der Waals surface area contributed by atoms with Crippen molar-refractivity contribution in [3.63, 3.8) is 0 Å². The normalized spacial score (nSPS) is 15.9. The van der Waals surface area contributed by atoms with Crippen LogP contribution in [-0.4, -0.2) is 58.2 Å². The smallest absolute Gasteiger partial charge is 0.275 e. The van der Waals surface area contributed by atoms with Gasteiger partial charge in [-0.3, -0.25) is 14.3 Å². The number of hydrogen-bond acceptors (Lipinski definition) is 8. The Morgan fingerprint density at radius 2 is 2.10 bits per heavy atom. The van der Waals surface area contributed by atoms with E-state index in [0.29, 0.717) is 44.0 Å². The van der Waals surface area contributed by atoms with Crippen LogP contribution in [0.15, 0.2) is 29.9 Å². The highest BCUT2D eigenvalue weighted by Gasteiger charge is 2.20. The predicted octanol–water partition coefficient (Wildman–Crippen LogP) is 2.62. The Hall–Kier alpha value is -3.11. The van der Waals surface area contributed by atoms with Crippen molar-refractivity contribution in [3.05, 3.63) is 41.3 Å². The van der Waals surface area contributed by atoms with Crippen LogP contribution in [0.5, 0.6) is 0 Å². The molecule has 3 aromatic heterocycles. The van der Waals surface area contributed by atoms with E-state index in [1.807, 2.05) is 24.1 Å². The van der Waals surface area contributed by atoms with E-state index in [9.17, 15) is 9.59 Å². The Morgan fingerprint density at radius 1 is 1.23 bits per heavy atom. The number of anilines is 2. The summed E-state index contributed by atoms with van der Waals surface area (Å²) < 4.78 is 7.19. The van der Waals surface area contributed by atoms with Gasteiger partial charge in [-0.05, 0) is 18.6 Å². The minimum atomic E-state index is -0.379. The monoisotopic (exact) mass is 426 g/mol. The van der Waals surface area contributed by atoms with Crippen molar-refractivity contribution in [3.8, 4) is 10.6 Å². The Morgan fingerprint density at radius 3 is 2.97 bits per heavy atom. The molecule has 0 saturated carbocycles. The van der Waals surface area contributed by atoms with Gasteiger partial charge in [0.2, 0.25) is 0 Å². The first-order chi connectivity index (χ1) is 14.5. The van der Waals surface area contributed by atoms with Gasteiger partial charge in [0.05, 0.1) is 12.3 Å². The summed E-state index contributed by atoms with van der Waals surface area (Å²) in [5, 5.41) is 9.42. The third-order valence-electron chi connectivity index (χ3n) is 4.73. The molecule has 10 heteroatoms. The molecule has 0 spiro atoms. The second-order valence-electron chi connectivity index (χ2n) is 7.02. The maximum Gasteiger partial charge on any atom is 0.275 e. The van der Waals surface area contributed by atoms with Gasteiger partial charge in [-0.25, -0.2) is 9.97 Å². The molecule has 0 unspecified atom stereocenters. The number of fused-ring (bicyclic) bond motifs is 6. The minimum absolute atomic E-state index is 0.133. The SMILES string of the molecule is CN1CCOCCCC(=O)c2nn(C)cc2NC(=O)c2csc(n2)-c2ccnc1c2. The Labute approximate surface area is 177 Å². The summed E-state index contributed by atoms with van der Waals surface area (Å²) in [4.78, 5) is 36.2. The van der Waals surface area contributed by atoms with Gasteiger partial charge in [-0.2, -0.15) is 5.10 Å². The molecule has 3 aromatic rings. The lowest BCUT2D eigenvalue weighted by Crippen LogP contribution is -2.23. The van der Waals surface area contributed by atoms with Crippen LogP contribution in [0.4, 0.5) is 11.5 Å². The summed E-state index contributed by atoms with van der Waals surface area (Å²) in [6.45, 7) is 1.67. The van der Waals surface area contributed by atoms with Crippen LogP contribution in [0.25, 0.3) is 10.6 Å². The zero-order chi connectivity index (χ0) is 21.1. The summed E-state index contributed by atoms with van der Waals surface area (Å²) in [6, 6.07) is 3.81. The molecule has 1 amide bonds. The zero-order valence-electron chi connectivity index (χ0n) is 16.8. The third-order valence-corrected chi connectivity index (χ3v) is 5.62. The standard InChI is InChI=1S/C20H22N6O3S/c1-25-7-9-29-8-3-4-16(27)18-14(11-26(2)24-18)22-19(28)15-12-30-20(23-15)13-5-6-21-17(25)10-13/h5-6,10-12H,3-4,7-9H2,1-2H3,(H,22,28). The van der Waals surface area contributed by atoms with Crippen LogP contribution in [0.2, 0.25) is 0 Å². The molecule has 0 radical (unpaired) electrons. The van der Waals surface area contributed by atoms with E-state index >= 15 is 0 Å². The van der Waals surface area contributed by atoms with E-state index in [4.69, 9.17) is 4.74 Å². The number of pyridine rings is 1. The number of carbonyl (C=O) groups excluding carboxylic acids is 2. The number of amides is 1. The van der Waals surface area contributed by atoms with Gasteiger partial charge in [0.1, 0.15) is 16.5 Å². The fourth-order valence-corrected chi connectivity index (χ4v) is 3.91. The topological polar surface area (TPSA) is 102 Å². The molecule has 1 aliphatic rings. The van der Waals surface area contributed by atoms with Crippen molar-refractivity contribution in [2.45, 2.75) is 12.8 Å². The van der Waals surface area contributed by atoms with Crippen LogP contribution < -0.4 is 10.2 Å². The van der Waals surface area contributed by atoms with E-state index in [1.54, 1.807) is 24.8 Å². The third kappa shape index (κ3) is 4.39. The highest BCUT2D eigenvalue weighted by Crippen LogP contribution is 2.27. The van der Waals surface area contributed by atoms with Gasteiger partial charge in [0, 0.05) is 57.0 Å². The largest absolute Gasteiger partial charge is 0.380 e. The molecule has 9 nitrogen and oxygen atoms in total. The number of hydrogen-bond donors (Lipinski definition) is 1. The number of thiazole rings is 1. The van der Waals surface area contributed by atoms with Crippen LogP contribution in [0.1, 0.15) is 33.8 Å². The minimum Gasteiger partial charge on any atom is -0.380 e. The Balaban J connectivity index is 1.66. The van der Waals surface area contributed by atoms with Crippen molar-refractivity contribution < 1.29 is 14.3 Å². The predicted molar refractivity (Wildman–Crippen MR) is 114 cm³/mol. The molecular weight excluding hydrogens is 404 g/mol. The van der Waals surface area contributed by atoms with Gasteiger partial charge in [-0.1, -0.05) is 0 Å². The molecular formula is C20H22N6O3S. The number of ketones is 1. The van der Waals surface area contributed by atoms with Crippen molar-refractivity contribution in [1.29, 1.82) is 0 Å². The number of carbonyl (C=O) groups is 2. The molecule has 4 bridgehead atoms. The maximum atomic E-state index is 12.7. The number of Topliss-reactive ketones (excluding diaryl/α,β-unsaturated/α-hetero) is 1. The number of aromatic nitrogens is 4. The average molecular weight is 427 g/mol. The average Bonchev–Trinajstić information content (AvgIpc) is 3.37. The zero-order valence-corrected chi connectivity index (χ0v) is 17.6. The Kier molecular flexibility index (Phi) is 5.86. The lowest BCUT2D eigenvalue weighted by molar-refractivity contribution is 0.0938. The molecule has 4 heterocycles. The highest BCUT2D eigenvalue weighted by atomic mass is 32.1. The fraction of sp³-hybridized carbons (Fsp3) is 0.350. The first-order valence-electron chi connectivity index (χ1n) is 9.60. The number of aryl methyl sites for hydroxylation is 1. The van der Waals surface area contributed by atoms with Gasteiger partial charge in [0.25, 0.3) is 5.91 Å². The summed E-state index contributed by atoms with van der Waals surface area (Å²) in [7, 11) is 3.66. The maximum absolute atomic E-state index is 12.7. The molecule has 0 saturated heterocycles. The molecule has 0 aliphatic carbocycles. The van der Waals surface area contributed by atoms with E-state index in [2.05, 4.69) is 20.4 Å². The number of likely N-dealkylation sites (N-methyl/N-ethyl adjacent to an activating group) is 1. The van der Waals surface area contributed by atoms with Crippen molar-refractivity contribution in [2.75, 3.05) is 37.0 Å². The van der Waals surface area contributed by atoms with Gasteiger partial charge >= 0.3 is 0 Å². The molecule has 4 rings (SSSR count). The van der Waals surface area contributed by atoms with E-state index in [0.717, 1.165) is 16.4 Å². The van der Waals surface area contributed by atoms with Crippen molar-refractivity contribution >= 4 is 34.5 Å². The van der Waals surface area contributed by atoms with Crippen molar-refractivity contribution in [2.24, 2.45) is 7.05 Å². The van der Waals surface area contributed by atoms with E-state index in [-0.39, 0.29) is 17.4 Å². The number of nitrogens with zero attached hydrogens (tertiary/aromatic N) is 5. The number of ether oxygens (including phenoxy) is 1. The van der Waals surface area contributed by atoms with Crippen LogP contribution in [-0.2, 0) is 11.8 Å². The first-order valence-corrected chi connectivity index (χ1v) is 10.5. The lowest BCUT2D eigenvalue weighted by atomic mass is 10.1. The summed E-state index contributed by atoms with van der Waals surface area (Å²) in [5.41, 5.74) is 1.81. The second-order valence-corrected chi connectivity index (χ2v) is 7.88. The molecule has 0 aromatic carbocycles. The second kappa shape index (κ2) is 8.72. The van der Waals surface area contributed by atoms with Gasteiger partial charge < -0.3 is 15.0 Å². The van der Waals surface area contributed by atoms with Crippen LogP contribution in [0, 0.1) is 0 Å². The highest BCUT2D eigenvalue weighted by molar-refractivity contribution is 7.13. The molecule has 1 aliphatic heterocycles. The first kappa shape index (κ1) is 20.2. The summed E-state index contributed by atoms with van der Waals surface area (Å²) in [6.07, 6.45) is 4.23. The van der Waals surface area contributed by atoms with E-state index in [1.165, 1.54) is 16.0 Å². The van der Waals surface area contributed by atoms with Gasteiger partial charge in [0.15, 0.2) is 11.5 Å². The Bertz CT molecular complexity index is 1080. The molecule has 0 fully saturated rings. The molecule has 156 valence electrons. The van der Waals surface area contributed by atoms with E-state index < -0.39 is 0 Å². The molecule has 1 N–H and O–H groups in total. The van der Waals surface area contributed by atoms with Crippen molar-refractivity contribution in [1.82, 2.24) is 19.7 Å².